The van der Waals surface area contributed by atoms with Crippen molar-refractivity contribution in [3.63, 3.8) is 0 Å². The third-order valence-corrected chi connectivity index (χ3v) is 8.01. The van der Waals surface area contributed by atoms with Crippen LogP contribution < -0.4 is 0 Å². The molecule has 0 spiro atoms. The second-order valence-corrected chi connectivity index (χ2v) is 10.3. The fourth-order valence-corrected chi connectivity index (χ4v) is 6.14. The minimum atomic E-state index is -0.471. The summed E-state index contributed by atoms with van der Waals surface area (Å²) in [5.41, 5.74) is 6.07. The lowest BCUT2D eigenvalue weighted by molar-refractivity contribution is -0.118. The first-order valence-corrected chi connectivity index (χ1v) is 13.2. The topological polar surface area (TPSA) is 65.8 Å². The molecule has 4 aromatic rings. The van der Waals surface area contributed by atoms with Crippen LogP contribution in [0.3, 0.4) is 0 Å². The molecule has 3 heterocycles. The highest BCUT2D eigenvalue weighted by molar-refractivity contribution is 6.20. The van der Waals surface area contributed by atoms with Crippen LogP contribution in [0.15, 0.2) is 108 Å². The molecule has 1 aromatic heterocycles. The largest absolute Gasteiger partial charge is 0.395 e. The van der Waals surface area contributed by atoms with Crippen molar-refractivity contribution in [3.05, 3.63) is 120 Å². The van der Waals surface area contributed by atoms with Crippen LogP contribution in [-0.2, 0) is 11.3 Å². The number of rotatable bonds is 6. The zero-order valence-corrected chi connectivity index (χ0v) is 21.5. The summed E-state index contributed by atoms with van der Waals surface area (Å²) in [6.07, 6.45) is 4.33. The van der Waals surface area contributed by atoms with Gasteiger partial charge in [0, 0.05) is 37.4 Å². The number of dihydropyridines is 1. The molecule has 2 aliphatic rings. The van der Waals surface area contributed by atoms with Crippen molar-refractivity contribution in [3.8, 4) is 0 Å². The normalized spacial score (nSPS) is 22.2. The number of allylic oxidation sites excluding steroid dienone is 1. The quantitative estimate of drug-likeness (QED) is 0.370. The van der Waals surface area contributed by atoms with Crippen LogP contribution in [0.2, 0.25) is 0 Å². The van der Waals surface area contributed by atoms with Crippen molar-refractivity contribution < 1.29 is 9.90 Å². The Kier molecular flexibility index (Phi) is 6.71. The van der Waals surface area contributed by atoms with Gasteiger partial charge < -0.3 is 5.11 Å². The summed E-state index contributed by atoms with van der Waals surface area (Å²) in [6, 6.07) is 28.8. The molecule has 0 bridgehead atoms. The highest BCUT2D eigenvalue weighted by atomic mass is 16.3. The molecular weight excluding hydrogens is 470 g/mol. The molecule has 3 atom stereocenters. The summed E-state index contributed by atoms with van der Waals surface area (Å²) < 4.78 is 0. The lowest BCUT2D eigenvalue weighted by atomic mass is 9.78. The van der Waals surface area contributed by atoms with Crippen molar-refractivity contribution in [2.24, 2.45) is 10.9 Å². The standard InChI is InChI=1S/C33H31N3O2/c1-22-30(25-13-15-34-16-14-25)31(27-12-11-24-9-5-6-10-26(24)17-27)33(38)35-32(22)28-18-29(21-37)36(20-28)19-23-7-3-2-4-8-23/h2-17,28-29,31,37H,18-21H2,1H3. The van der Waals surface area contributed by atoms with Crippen LogP contribution in [0.25, 0.3) is 16.3 Å². The Balaban J connectivity index is 1.38. The van der Waals surface area contributed by atoms with Gasteiger partial charge >= 0.3 is 0 Å². The van der Waals surface area contributed by atoms with Gasteiger partial charge in [0.1, 0.15) is 0 Å². The number of benzene rings is 3. The molecular formula is C33H31N3O2. The second-order valence-electron chi connectivity index (χ2n) is 10.3. The van der Waals surface area contributed by atoms with Crippen LogP contribution >= 0.6 is 0 Å². The van der Waals surface area contributed by atoms with Gasteiger partial charge in [-0.2, -0.15) is 0 Å². The van der Waals surface area contributed by atoms with Crippen LogP contribution in [0.4, 0.5) is 0 Å². The van der Waals surface area contributed by atoms with E-state index in [0.29, 0.717) is 0 Å². The smallest absolute Gasteiger partial charge is 0.257 e. The van der Waals surface area contributed by atoms with Crippen LogP contribution in [-0.4, -0.2) is 45.8 Å². The van der Waals surface area contributed by atoms with E-state index in [2.05, 4.69) is 59.3 Å². The van der Waals surface area contributed by atoms with Crippen molar-refractivity contribution >= 4 is 28.0 Å². The summed E-state index contributed by atoms with van der Waals surface area (Å²) >= 11 is 0. The maximum atomic E-state index is 13.9. The molecule has 5 heteroatoms. The number of carbonyl (C=O) groups is 1. The number of hydrogen-bond donors (Lipinski definition) is 1. The van der Waals surface area contributed by atoms with Gasteiger partial charge in [0.05, 0.1) is 18.2 Å². The Bertz CT molecular complexity index is 1530. The number of aliphatic imine (C=N–C) groups is 1. The van der Waals surface area contributed by atoms with Gasteiger partial charge in [-0.15, -0.1) is 0 Å². The van der Waals surface area contributed by atoms with Crippen molar-refractivity contribution in [1.82, 2.24) is 9.88 Å². The zero-order chi connectivity index (χ0) is 26.1. The lowest BCUT2D eigenvalue weighted by Crippen LogP contribution is -2.32. The number of fused-ring (bicyclic) bond motifs is 1. The fourth-order valence-electron chi connectivity index (χ4n) is 6.14. The Hall–Kier alpha value is -3.93. The van der Waals surface area contributed by atoms with E-state index in [0.717, 1.165) is 58.3 Å². The molecule has 1 N–H and O–H groups in total. The van der Waals surface area contributed by atoms with Gasteiger partial charge in [-0.05, 0) is 64.1 Å². The number of hydrogen-bond acceptors (Lipinski definition) is 4. The number of likely N-dealkylation sites (tertiary alicyclic amines) is 1. The Morgan fingerprint density at radius 1 is 0.921 bits per heavy atom. The van der Waals surface area contributed by atoms with Gasteiger partial charge in [-0.25, -0.2) is 4.99 Å². The molecule has 3 aromatic carbocycles. The molecule has 3 unspecified atom stereocenters. The minimum absolute atomic E-state index is 0.0356. The maximum absolute atomic E-state index is 13.9. The summed E-state index contributed by atoms with van der Waals surface area (Å²) in [5, 5.41) is 12.4. The monoisotopic (exact) mass is 501 g/mol. The fraction of sp³-hybridized carbons (Fsp3) is 0.242. The van der Waals surface area contributed by atoms with Gasteiger partial charge in [-0.3, -0.25) is 14.7 Å². The first-order valence-electron chi connectivity index (χ1n) is 13.2. The maximum Gasteiger partial charge on any atom is 0.257 e. The molecule has 1 fully saturated rings. The lowest BCUT2D eigenvalue weighted by Gasteiger charge is -2.29. The van der Waals surface area contributed by atoms with E-state index in [1.54, 1.807) is 12.4 Å². The van der Waals surface area contributed by atoms with E-state index in [9.17, 15) is 9.90 Å². The first-order chi connectivity index (χ1) is 18.6. The second kappa shape index (κ2) is 10.4. The molecule has 6 rings (SSSR count). The van der Waals surface area contributed by atoms with Crippen molar-refractivity contribution in [2.45, 2.75) is 31.8 Å². The van der Waals surface area contributed by atoms with Gasteiger partial charge in [0.2, 0.25) is 0 Å². The van der Waals surface area contributed by atoms with E-state index in [1.165, 1.54) is 5.56 Å². The third-order valence-electron chi connectivity index (χ3n) is 8.01. The van der Waals surface area contributed by atoms with E-state index < -0.39 is 5.92 Å². The molecule has 0 aliphatic carbocycles. The number of amides is 1. The van der Waals surface area contributed by atoms with Crippen molar-refractivity contribution in [2.75, 3.05) is 13.2 Å². The van der Waals surface area contributed by atoms with Gasteiger partial charge in [0.25, 0.3) is 5.91 Å². The van der Waals surface area contributed by atoms with Crippen LogP contribution in [0.5, 0.6) is 0 Å². The number of aliphatic hydroxyl groups excluding tert-OH is 1. The molecule has 38 heavy (non-hydrogen) atoms. The molecule has 190 valence electrons. The highest BCUT2D eigenvalue weighted by Crippen LogP contribution is 2.42. The number of aliphatic hydroxyl groups is 1. The van der Waals surface area contributed by atoms with Gasteiger partial charge in [0.15, 0.2) is 0 Å². The SMILES string of the molecule is CC1=C(c2ccncc2)C(c2ccc3ccccc3c2)C(=O)N=C1C1CC(CO)N(Cc2ccccc2)C1. The third kappa shape index (κ3) is 4.60. The summed E-state index contributed by atoms with van der Waals surface area (Å²) in [4.78, 5) is 25.2. The number of pyridine rings is 1. The predicted octanol–water partition coefficient (Wildman–Crippen LogP) is 5.66. The Morgan fingerprint density at radius 3 is 2.42 bits per heavy atom. The Morgan fingerprint density at radius 2 is 1.66 bits per heavy atom. The summed E-state index contributed by atoms with van der Waals surface area (Å²) in [5.74, 6) is -0.523. The zero-order valence-electron chi connectivity index (χ0n) is 21.5. The molecule has 5 nitrogen and oxygen atoms in total. The van der Waals surface area contributed by atoms with Gasteiger partial charge in [-0.1, -0.05) is 72.8 Å². The summed E-state index contributed by atoms with van der Waals surface area (Å²) in [7, 11) is 0. The van der Waals surface area contributed by atoms with E-state index >= 15 is 0 Å². The average molecular weight is 502 g/mol. The highest BCUT2D eigenvalue weighted by Gasteiger charge is 2.40. The van der Waals surface area contributed by atoms with Crippen LogP contribution in [0.1, 0.15) is 36.0 Å². The number of aromatic nitrogens is 1. The van der Waals surface area contributed by atoms with E-state index in [4.69, 9.17) is 4.99 Å². The minimum Gasteiger partial charge on any atom is -0.395 e. The molecule has 1 saturated heterocycles. The van der Waals surface area contributed by atoms with E-state index in [-0.39, 0.29) is 24.5 Å². The molecule has 1 amide bonds. The van der Waals surface area contributed by atoms with E-state index in [1.807, 2.05) is 42.5 Å². The Labute approximate surface area is 223 Å². The molecule has 0 radical (unpaired) electrons. The van der Waals surface area contributed by atoms with Crippen molar-refractivity contribution in [1.29, 1.82) is 0 Å². The predicted molar refractivity (Wildman–Crippen MR) is 152 cm³/mol. The number of carbonyl (C=O) groups excluding carboxylic acids is 1. The first kappa shape index (κ1) is 24.4. The molecule has 0 saturated carbocycles. The number of nitrogens with zero attached hydrogens (tertiary/aromatic N) is 3. The summed E-state index contributed by atoms with van der Waals surface area (Å²) in [6.45, 7) is 3.71. The molecule has 2 aliphatic heterocycles. The van der Waals surface area contributed by atoms with Crippen LogP contribution in [0, 0.1) is 5.92 Å². The average Bonchev–Trinajstić information content (AvgIpc) is 3.37.